The summed E-state index contributed by atoms with van der Waals surface area (Å²) in [6.07, 6.45) is 0.624. The van der Waals surface area contributed by atoms with Crippen LogP contribution in [-0.2, 0) is 20.7 Å². The van der Waals surface area contributed by atoms with Crippen molar-refractivity contribution in [2.45, 2.75) is 12.8 Å². The third-order valence-corrected chi connectivity index (χ3v) is 4.93. The van der Waals surface area contributed by atoms with Gasteiger partial charge in [0.15, 0.2) is 6.61 Å². The number of carbonyl (C=O) groups excluding carboxylic acids is 3. The number of hydrogen-bond acceptors (Lipinski definition) is 6. The van der Waals surface area contributed by atoms with Crippen LogP contribution in [0.4, 0.5) is 11.4 Å². The Labute approximate surface area is 197 Å². The zero-order valence-electron chi connectivity index (χ0n) is 19.0. The first-order valence-electron chi connectivity index (χ1n) is 10.6. The van der Waals surface area contributed by atoms with Crippen LogP contribution in [0, 0.1) is 0 Å². The molecule has 0 aromatic heterocycles. The lowest BCUT2D eigenvalue weighted by molar-refractivity contribution is -0.147. The van der Waals surface area contributed by atoms with Crippen LogP contribution < -0.4 is 20.1 Å². The number of rotatable bonds is 10. The molecule has 0 bridgehead atoms. The van der Waals surface area contributed by atoms with E-state index >= 15 is 0 Å². The van der Waals surface area contributed by atoms with E-state index in [9.17, 15) is 14.4 Å². The number of esters is 1. The minimum absolute atomic E-state index is 0.139. The third-order valence-electron chi connectivity index (χ3n) is 4.93. The minimum Gasteiger partial charge on any atom is -0.497 e. The van der Waals surface area contributed by atoms with Gasteiger partial charge in [-0.15, -0.1) is 0 Å². The predicted molar refractivity (Wildman–Crippen MR) is 128 cm³/mol. The van der Waals surface area contributed by atoms with E-state index < -0.39 is 24.4 Å². The summed E-state index contributed by atoms with van der Waals surface area (Å²) in [5.41, 5.74) is 2.13. The Morgan fingerprint density at radius 3 is 2.03 bits per heavy atom. The first-order chi connectivity index (χ1) is 16.5. The number of para-hydroxylation sites is 1. The van der Waals surface area contributed by atoms with Gasteiger partial charge in [-0.25, -0.2) is 0 Å². The molecule has 0 aliphatic heterocycles. The van der Waals surface area contributed by atoms with Crippen LogP contribution in [-0.4, -0.2) is 38.6 Å². The lowest BCUT2D eigenvalue weighted by atomic mass is 10.1. The summed E-state index contributed by atoms with van der Waals surface area (Å²) < 4.78 is 15.3. The van der Waals surface area contributed by atoms with Gasteiger partial charge in [0, 0.05) is 12.1 Å². The van der Waals surface area contributed by atoms with Crippen LogP contribution in [0.15, 0.2) is 72.8 Å². The van der Waals surface area contributed by atoms with Gasteiger partial charge in [-0.05, 0) is 60.5 Å². The van der Waals surface area contributed by atoms with Gasteiger partial charge in [-0.1, -0.05) is 24.3 Å². The molecule has 176 valence electrons. The maximum absolute atomic E-state index is 12.7. The van der Waals surface area contributed by atoms with Crippen molar-refractivity contribution in [3.8, 4) is 11.5 Å². The average molecular weight is 463 g/mol. The second-order valence-electron chi connectivity index (χ2n) is 7.29. The second-order valence-corrected chi connectivity index (χ2v) is 7.29. The quantitative estimate of drug-likeness (QED) is 0.440. The minimum atomic E-state index is -0.539. The van der Waals surface area contributed by atoms with E-state index in [-0.39, 0.29) is 12.0 Å². The van der Waals surface area contributed by atoms with E-state index in [1.165, 1.54) is 0 Å². The predicted octanol–water partition coefficient (Wildman–Crippen LogP) is 4.07. The van der Waals surface area contributed by atoms with Gasteiger partial charge in [0.25, 0.3) is 11.8 Å². The van der Waals surface area contributed by atoms with Crippen molar-refractivity contribution in [3.05, 3.63) is 83.9 Å². The number of aryl methyl sites for hydroxylation is 1. The number of hydrogen-bond donors (Lipinski definition) is 2. The van der Waals surface area contributed by atoms with Gasteiger partial charge >= 0.3 is 5.97 Å². The van der Waals surface area contributed by atoms with E-state index in [1.54, 1.807) is 62.8 Å². The molecule has 0 spiro atoms. The van der Waals surface area contributed by atoms with Crippen LogP contribution in [0.3, 0.4) is 0 Å². The number of ether oxygens (including phenoxy) is 3. The van der Waals surface area contributed by atoms with E-state index in [0.29, 0.717) is 23.5 Å². The highest BCUT2D eigenvalue weighted by molar-refractivity contribution is 6.10. The van der Waals surface area contributed by atoms with Crippen LogP contribution in [0.5, 0.6) is 11.5 Å². The molecule has 0 fully saturated rings. The number of methoxy groups -OCH3 is 2. The summed E-state index contributed by atoms with van der Waals surface area (Å²) in [7, 11) is 3.15. The van der Waals surface area contributed by atoms with Crippen molar-refractivity contribution in [3.63, 3.8) is 0 Å². The largest absolute Gasteiger partial charge is 0.497 e. The summed E-state index contributed by atoms with van der Waals surface area (Å²) in [6, 6.07) is 20.8. The molecular weight excluding hydrogens is 436 g/mol. The Morgan fingerprint density at radius 1 is 0.765 bits per heavy atom. The lowest BCUT2D eigenvalue weighted by Gasteiger charge is -2.12. The van der Waals surface area contributed by atoms with Crippen LogP contribution in [0.25, 0.3) is 0 Å². The Bertz CT molecular complexity index is 1130. The van der Waals surface area contributed by atoms with E-state index in [1.807, 2.05) is 24.3 Å². The zero-order valence-corrected chi connectivity index (χ0v) is 19.0. The molecule has 0 unspecified atom stereocenters. The van der Waals surface area contributed by atoms with Gasteiger partial charge in [0.1, 0.15) is 11.5 Å². The van der Waals surface area contributed by atoms with Crippen molar-refractivity contribution < 1.29 is 28.6 Å². The molecule has 0 heterocycles. The monoisotopic (exact) mass is 462 g/mol. The molecule has 2 amide bonds. The van der Waals surface area contributed by atoms with Crippen LogP contribution in [0.1, 0.15) is 22.3 Å². The smallest absolute Gasteiger partial charge is 0.306 e. The highest BCUT2D eigenvalue weighted by Crippen LogP contribution is 2.19. The molecule has 0 atom stereocenters. The number of benzene rings is 3. The average Bonchev–Trinajstić information content (AvgIpc) is 2.87. The molecule has 2 N–H and O–H groups in total. The molecule has 0 saturated heterocycles. The van der Waals surface area contributed by atoms with Gasteiger partial charge < -0.3 is 24.8 Å². The topological polar surface area (TPSA) is 103 Å². The van der Waals surface area contributed by atoms with Gasteiger partial charge in [-0.3, -0.25) is 14.4 Å². The highest BCUT2D eigenvalue weighted by atomic mass is 16.5. The molecule has 0 saturated carbocycles. The van der Waals surface area contributed by atoms with Crippen LogP contribution >= 0.6 is 0 Å². The third kappa shape index (κ3) is 7.09. The number of anilines is 2. The summed E-state index contributed by atoms with van der Waals surface area (Å²) in [5, 5.41) is 5.40. The van der Waals surface area contributed by atoms with Gasteiger partial charge in [-0.2, -0.15) is 0 Å². The van der Waals surface area contributed by atoms with E-state index in [2.05, 4.69) is 10.6 Å². The lowest BCUT2D eigenvalue weighted by Crippen LogP contribution is -2.23. The summed E-state index contributed by atoms with van der Waals surface area (Å²) in [6.45, 7) is -0.449. The zero-order chi connectivity index (χ0) is 24.3. The fourth-order valence-electron chi connectivity index (χ4n) is 3.11. The molecule has 0 aliphatic rings. The van der Waals surface area contributed by atoms with Crippen molar-refractivity contribution in [1.29, 1.82) is 0 Å². The Morgan fingerprint density at radius 2 is 1.38 bits per heavy atom. The van der Waals surface area contributed by atoms with Gasteiger partial charge in [0.2, 0.25) is 0 Å². The van der Waals surface area contributed by atoms with E-state index in [0.717, 1.165) is 11.3 Å². The molecule has 0 radical (unpaired) electrons. The number of amides is 2. The van der Waals surface area contributed by atoms with Crippen molar-refractivity contribution >= 4 is 29.2 Å². The van der Waals surface area contributed by atoms with Crippen molar-refractivity contribution in [2.24, 2.45) is 0 Å². The maximum atomic E-state index is 12.7. The van der Waals surface area contributed by atoms with Gasteiger partial charge in [0.05, 0.1) is 25.5 Å². The molecule has 8 heteroatoms. The maximum Gasteiger partial charge on any atom is 0.306 e. The fraction of sp³-hybridized carbons (Fsp3) is 0.192. The fourth-order valence-corrected chi connectivity index (χ4v) is 3.11. The SMILES string of the molecule is COc1ccc(CCC(=O)OCC(=O)Nc2ccccc2C(=O)Nc2ccc(OC)cc2)cc1. The molecule has 0 aliphatic carbocycles. The molecular formula is C26H26N2O6. The van der Waals surface area contributed by atoms with E-state index in [4.69, 9.17) is 14.2 Å². The number of carbonyl (C=O) groups is 3. The summed E-state index contributed by atoms with van der Waals surface area (Å²) in [4.78, 5) is 37.0. The summed E-state index contributed by atoms with van der Waals surface area (Å²) in [5.74, 6) is -0.0123. The van der Waals surface area contributed by atoms with Crippen molar-refractivity contribution in [1.82, 2.24) is 0 Å². The second kappa shape index (κ2) is 12.1. The molecule has 8 nitrogen and oxygen atoms in total. The molecule has 3 aromatic carbocycles. The first kappa shape index (κ1) is 24.3. The molecule has 3 aromatic rings. The highest BCUT2D eigenvalue weighted by Gasteiger charge is 2.15. The first-order valence-corrected chi connectivity index (χ1v) is 10.6. The normalized spacial score (nSPS) is 10.2. The Hall–Kier alpha value is -4.33. The number of nitrogens with one attached hydrogen (secondary N) is 2. The standard InChI is InChI=1S/C26H26N2O6/c1-32-20-12-7-18(8-13-20)9-16-25(30)34-17-24(29)28-23-6-4-3-5-22(23)26(31)27-19-10-14-21(33-2)15-11-19/h3-8,10-15H,9,16-17H2,1-2H3,(H,27,31)(H,28,29). The van der Waals surface area contributed by atoms with Crippen LogP contribution in [0.2, 0.25) is 0 Å². The summed E-state index contributed by atoms with van der Waals surface area (Å²) >= 11 is 0. The molecule has 34 heavy (non-hydrogen) atoms. The van der Waals surface area contributed by atoms with Crippen molar-refractivity contribution in [2.75, 3.05) is 31.5 Å². The Kier molecular flexibility index (Phi) is 8.62. The Balaban J connectivity index is 1.50. The molecule has 3 rings (SSSR count).